The van der Waals surface area contributed by atoms with Crippen molar-refractivity contribution in [2.45, 2.75) is 32.6 Å². The van der Waals surface area contributed by atoms with E-state index in [0.29, 0.717) is 35.0 Å². The van der Waals surface area contributed by atoms with Gasteiger partial charge in [-0.1, -0.05) is 5.16 Å². The normalized spacial score (nSPS) is 18.0. The Morgan fingerprint density at radius 1 is 1.40 bits per heavy atom. The lowest BCUT2D eigenvalue weighted by Crippen LogP contribution is -2.39. The molecule has 3 N–H and O–H groups in total. The fourth-order valence-corrected chi connectivity index (χ4v) is 3.51. The Morgan fingerprint density at radius 3 is 3.00 bits per heavy atom. The van der Waals surface area contributed by atoms with Crippen LogP contribution in [0, 0.1) is 13.8 Å². The van der Waals surface area contributed by atoms with Crippen LogP contribution in [0.3, 0.4) is 0 Å². The Labute approximate surface area is 144 Å². The minimum Gasteiger partial charge on any atom is -0.384 e. The van der Waals surface area contributed by atoms with Gasteiger partial charge in [0.15, 0.2) is 5.65 Å². The maximum Gasteiger partial charge on any atom is 0.259 e. The fraction of sp³-hybridized carbons (Fsp3) is 0.412. The summed E-state index contributed by atoms with van der Waals surface area (Å²) in [6.45, 7) is 4.92. The molecular formula is C17H20N6O2. The molecule has 8 heteroatoms. The maximum atomic E-state index is 12.9. The van der Waals surface area contributed by atoms with E-state index in [1.807, 2.05) is 17.0 Å². The van der Waals surface area contributed by atoms with E-state index in [0.717, 1.165) is 30.5 Å². The molecule has 0 bridgehead atoms. The number of aryl methyl sites for hydroxylation is 2. The van der Waals surface area contributed by atoms with Gasteiger partial charge in [-0.15, -0.1) is 0 Å². The molecule has 0 radical (unpaired) electrons. The number of carbonyl (C=O) groups excluding carboxylic acids is 1. The van der Waals surface area contributed by atoms with Gasteiger partial charge in [-0.3, -0.25) is 9.89 Å². The molecule has 130 valence electrons. The third-order valence-electron chi connectivity index (χ3n) is 4.84. The number of carbonyl (C=O) groups is 1. The summed E-state index contributed by atoms with van der Waals surface area (Å²) in [5.74, 6) is 1.25. The lowest BCUT2D eigenvalue weighted by Gasteiger charge is -2.32. The number of anilines is 1. The van der Waals surface area contributed by atoms with Gasteiger partial charge in [-0.25, -0.2) is 4.98 Å². The average molecular weight is 340 g/mol. The second kappa shape index (κ2) is 5.87. The standard InChI is InChI=1S/C17H20N6O2/c1-9-14(10(2)25-22-9)17(24)23-7-3-4-11(8-23)13-6-5-12-15(18)20-21-16(12)19-13/h5-6,11H,3-4,7-8H2,1-2H3,(H3,18,19,20,21). The minimum atomic E-state index is -0.0222. The third-order valence-corrected chi connectivity index (χ3v) is 4.84. The van der Waals surface area contributed by atoms with Gasteiger partial charge in [0.2, 0.25) is 0 Å². The first-order chi connectivity index (χ1) is 12.0. The van der Waals surface area contributed by atoms with Crippen molar-refractivity contribution in [2.75, 3.05) is 18.8 Å². The number of piperidine rings is 1. The van der Waals surface area contributed by atoms with Crippen molar-refractivity contribution in [3.05, 3.63) is 34.8 Å². The molecule has 1 saturated heterocycles. The number of hydrogen-bond acceptors (Lipinski definition) is 6. The van der Waals surface area contributed by atoms with E-state index in [1.165, 1.54) is 0 Å². The van der Waals surface area contributed by atoms with Crippen LogP contribution in [0.5, 0.6) is 0 Å². The second-order valence-electron chi connectivity index (χ2n) is 6.53. The Kier molecular flexibility index (Phi) is 3.67. The molecule has 8 nitrogen and oxygen atoms in total. The quantitative estimate of drug-likeness (QED) is 0.739. The van der Waals surface area contributed by atoms with Crippen LogP contribution in [0.15, 0.2) is 16.7 Å². The van der Waals surface area contributed by atoms with Crippen LogP contribution in [0.1, 0.15) is 46.3 Å². The highest BCUT2D eigenvalue weighted by molar-refractivity contribution is 5.96. The molecule has 1 unspecified atom stereocenters. The average Bonchev–Trinajstić information content (AvgIpc) is 3.16. The highest BCUT2D eigenvalue weighted by atomic mass is 16.5. The molecule has 1 aliphatic heterocycles. The Morgan fingerprint density at radius 2 is 2.24 bits per heavy atom. The van der Waals surface area contributed by atoms with Gasteiger partial charge in [0.25, 0.3) is 5.91 Å². The van der Waals surface area contributed by atoms with Crippen LogP contribution in [-0.2, 0) is 0 Å². The van der Waals surface area contributed by atoms with Crippen LogP contribution in [0.4, 0.5) is 5.82 Å². The first-order valence-electron chi connectivity index (χ1n) is 8.37. The number of amides is 1. The number of pyridine rings is 1. The summed E-state index contributed by atoms with van der Waals surface area (Å²) in [6, 6.07) is 3.91. The molecular weight excluding hydrogens is 320 g/mol. The fourth-order valence-electron chi connectivity index (χ4n) is 3.51. The molecule has 3 aromatic heterocycles. The van der Waals surface area contributed by atoms with Gasteiger partial charge >= 0.3 is 0 Å². The third kappa shape index (κ3) is 2.63. The monoisotopic (exact) mass is 340 g/mol. The number of nitrogens with one attached hydrogen (secondary N) is 1. The van der Waals surface area contributed by atoms with E-state index in [9.17, 15) is 4.79 Å². The van der Waals surface area contributed by atoms with Crippen molar-refractivity contribution in [3.63, 3.8) is 0 Å². The van der Waals surface area contributed by atoms with Crippen molar-refractivity contribution in [3.8, 4) is 0 Å². The van der Waals surface area contributed by atoms with Gasteiger partial charge in [-0.05, 0) is 38.8 Å². The van der Waals surface area contributed by atoms with Gasteiger partial charge in [0, 0.05) is 24.7 Å². The molecule has 0 saturated carbocycles. The van der Waals surface area contributed by atoms with E-state index in [1.54, 1.807) is 13.8 Å². The molecule has 3 aromatic rings. The zero-order valence-corrected chi connectivity index (χ0v) is 14.2. The van der Waals surface area contributed by atoms with Crippen LogP contribution < -0.4 is 5.73 Å². The molecule has 1 amide bonds. The summed E-state index contributed by atoms with van der Waals surface area (Å²) in [5, 5.41) is 11.6. The molecule has 1 fully saturated rings. The van der Waals surface area contributed by atoms with Gasteiger partial charge in [-0.2, -0.15) is 5.10 Å². The van der Waals surface area contributed by atoms with Gasteiger partial charge in [0.1, 0.15) is 17.1 Å². The summed E-state index contributed by atoms with van der Waals surface area (Å²) in [4.78, 5) is 19.4. The minimum absolute atomic E-state index is 0.0222. The van der Waals surface area contributed by atoms with Gasteiger partial charge < -0.3 is 15.2 Å². The first kappa shape index (κ1) is 15.6. The predicted octanol–water partition coefficient (Wildman–Crippen LogP) is 2.16. The molecule has 4 heterocycles. The molecule has 0 spiro atoms. The molecule has 1 atom stereocenters. The zero-order chi connectivity index (χ0) is 17.6. The number of likely N-dealkylation sites (tertiary alicyclic amines) is 1. The second-order valence-corrected chi connectivity index (χ2v) is 6.53. The highest BCUT2D eigenvalue weighted by Crippen LogP contribution is 2.29. The number of nitrogens with two attached hydrogens (primary N) is 1. The number of aromatic amines is 1. The summed E-state index contributed by atoms with van der Waals surface area (Å²) in [6.07, 6.45) is 1.92. The number of rotatable bonds is 2. The molecule has 0 aliphatic carbocycles. The SMILES string of the molecule is Cc1noc(C)c1C(=O)N1CCCC(c2ccc3c(N)[nH]nc3n2)C1. The smallest absolute Gasteiger partial charge is 0.259 e. The van der Waals surface area contributed by atoms with Crippen LogP contribution in [0.2, 0.25) is 0 Å². The van der Waals surface area contributed by atoms with E-state index >= 15 is 0 Å². The van der Waals surface area contributed by atoms with E-state index in [4.69, 9.17) is 10.3 Å². The lowest BCUT2D eigenvalue weighted by molar-refractivity contribution is 0.0703. The summed E-state index contributed by atoms with van der Waals surface area (Å²) >= 11 is 0. The van der Waals surface area contributed by atoms with Crippen molar-refractivity contribution < 1.29 is 9.32 Å². The summed E-state index contributed by atoms with van der Waals surface area (Å²) in [7, 11) is 0. The lowest BCUT2D eigenvalue weighted by atomic mass is 9.93. The number of aromatic nitrogens is 4. The van der Waals surface area contributed by atoms with Crippen molar-refractivity contribution in [1.82, 2.24) is 25.2 Å². The van der Waals surface area contributed by atoms with Gasteiger partial charge in [0.05, 0.1) is 11.1 Å². The van der Waals surface area contributed by atoms with Crippen LogP contribution in [-0.4, -0.2) is 44.2 Å². The number of H-pyrrole nitrogens is 1. The zero-order valence-electron chi connectivity index (χ0n) is 14.2. The van der Waals surface area contributed by atoms with E-state index < -0.39 is 0 Å². The number of hydrogen-bond donors (Lipinski definition) is 2. The summed E-state index contributed by atoms with van der Waals surface area (Å²) in [5.41, 5.74) is 8.59. The van der Waals surface area contributed by atoms with E-state index in [2.05, 4.69) is 20.3 Å². The predicted molar refractivity (Wildman–Crippen MR) is 92.2 cm³/mol. The number of fused-ring (bicyclic) bond motifs is 1. The van der Waals surface area contributed by atoms with Crippen molar-refractivity contribution in [2.24, 2.45) is 0 Å². The Balaban J connectivity index is 1.58. The number of nitrogen functional groups attached to an aromatic ring is 1. The Hall–Kier alpha value is -2.90. The Bertz CT molecular complexity index is 924. The largest absolute Gasteiger partial charge is 0.384 e. The first-order valence-corrected chi connectivity index (χ1v) is 8.37. The molecule has 0 aromatic carbocycles. The van der Waals surface area contributed by atoms with Crippen molar-refractivity contribution >= 4 is 22.8 Å². The van der Waals surface area contributed by atoms with Crippen LogP contribution in [0.25, 0.3) is 11.0 Å². The van der Waals surface area contributed by atoms with E-state index in [-0.39, 0.29) is 11.8 Å². The number of nitrogens with zero attached hydrogens (tertiary/aromatic N) is 4. The highest BCUT2D eigenvalue weighted by Gasteiger charge is 2.29. The maximum absolute atomic E-state index is 12.9. The van der Waals surface area contributed by atoms with Crippen molar-refractivity contribution in [1.29, 1.82) is 0 Å². The van der Waals surface area contributed by atoms with Crippen LogP contribution >= 0.6 is 0 Å². The molecule has 4 rings (SSSR count). The molecule has 25 heavy (non-hydrogen) atoms. The topological polar surface area (TPSA) is 114 Å². The summed E-state index contributed by atoms with van der Waals surface area (Å²) < 4.78 is 5.14. The molecule has 1 aliphatic rings.